The van der Waals surface area contributed by atoms with Crippen molar-refractivity contribution >= 4 is 73.5 Å². The SMILES string of the molecule is CCOC(=O)Oc1cc2c(c3ccccc13)C(CCl)CN2C(=O)c1cc2cc(NC(=O)c3cc4ccccc4[nH]3)ccc2[nH]1. The number of H-pyrrole nitrogens is 2. The number of nitrogens with zero attached hydrogens (tertiary/aromatic N) is 1. The van der Waals surface area contributed by atoms with E-state index in [1.807, 2.05) is 66.7 Å². The van der Waals surface area contributed by atoms with Gasteiger partial charge in [0, 0.05) is 57.3 Å². The van der Waals surface area contributed by atoms with Gasteiger partial charge >= 0.3 is 6.16 Å². The molecule has 220 valence electrons. The van der Waals surface area contributed by atoms with E-state index in [9.17, 15) is 14.4 Å². The zero-order valence-electron chi connectivity index (χ0n) is 23.6. The van der Waals surface area contributed by atoms with Crippen LogP contribution < -0.4 is 15.0 Å². The average molecular weight is 607 g/mol. The summed E-state index contributed by atoms with van der Waals surface area (Å²) in [6.45, 7) is 2.25. The number of halogens is 1. The van der Waals surface area contributed by atoms with E-state index in [1.54, 1.807) is 30.0 Å². The van der Waals surface area contributed by atoms with E-state index in [1.165, 1.54) is 0 Å². The minimum atomic E-state index is -0.814. The Morgan fingerprint density at radius 3 is 2.41 bits per heavy atom. The molecule has 2 aromatic heterocycles. The number of nitrogens with one attached hydrogen (secondary N) is 3. The molecule has 10 heteroatoms. The predicted octanol–water partition coefficient (Wildman–Crippen LogP) is 7.57. The van der Waals surface area contributed by atoms with Gasteiger partial charge in [-0.3, -0.25) is 9.59 Å². The summed E-state index contributed by atoms with van der Waals surface area (Å²) < 4.78 is 10.6. The van der Waals surface area contributed by atoms with Crippen LogP contribution in [0.25, 0.3) is 32.6 Å². The molecule has 6 aromatic rings. The summed E-state index contributed by atoms with van der Waals surface area (Å²) in [7, 11) is 0. The minimum Gasteiger partial charge on any atom is -0.434 e. The van der Waals surface area contributed by atoms with Crippen molar-refractivity contribution in [2.24, 2.45) is 0 Å². The van der Waals surface area contributed by atoms with Gasteiger partial charge in [-0.05, 0) is 54.3 Å². The van der Waals surface area contributed by atoms with Crippen LogP contribution in [0.2, 0.25) is 0 Å². The molecule has 9 nitrogen and oxygen atoms in total. The van der Waals surface area contributed by atoms with Crippen LogP contribution >= 0.6 is 11.6 Å². The van der Waals surface area contributed by atoms with E-state index >= 15 is 0 Å². The molecule has 1 aliphatic heterocycles. The van der Waals surface area contributed by atoms with E-state index in [2.05, 4.69) is 15.3 Å². The van der Waals surface area contributed by atoms with Gasteiger partial charge in [-0.2, -0.15) is 0 Å². The summed E-state index contributed by atoms with van der Waals surface area (Å²) in [4.78, 5) is 47.2. The number of hydrogen-bond acceptors (Lipinski definition) is 5. The lowest BCUT2D eigenvalue weighted by atomic mass is 9.95. The molecule has 4 aromatic carbocycles. The van der Waals surface area contributed by atoms with E-state index in [0.29, 0.717) is 40.9 Å². The lowest BCUT2D eigenvalue weighted by Gasteiger charge is -2.18. The number of carbonyl (C=O) groups is 3. The maximum atomic E-state index is 14.0. The highest BCUT2D eigenvalue weighted by Gasteiger charge is 2.36. The van der Waals surface area contributed by atoms with Gasteiger partial charge in [0.25, 0.3) is 11.8 Å². The molecule has 0 spiro atoms. The Kier molecular flexibility index (Phi) is 6.94. The number of alkyl halides is 1. The summed E-state index contributed by atoms with van der Waals surface area (Å²) in [5.74, 6) is -0.0199. The fourth-order valence-corrected chi connectivity index (χ4v) is 6.17. The third-order valence-corrected chi connectivity index (χ3v) is 8.27. The summed E-state index contributed by atoms with van der Waals surface area (Å²) in [6.07, 6.45) is -0.814. The molecule has 0 saturated carbocycles. The highest BCUT2D eigenvalue weighted by molar-refractivity contribution is 6.19. The molecule has 44 heavy (non-hydrogen) atoms. The number of ether oxygens (including phenoxy) is 2. The molecular formula is C34H27ClN4O5. The van der Waals surface area contributed by atoms with Crippen molar-refractivity contribution in [2.45, 2.75) is 12.8 Å². The Morgan fingerprint density at radius 1 is 0.886 bits per heavy atom. The number of benzene rings is 4. The van der Waals surface area contributed by atoms with Gasteiger partial charge in [-0.15, -0.1) is 11.6 Å². The second kappa shape index (κ2) is 11.1. The fraction of sp³-hybridized carbons (Fsp3) is 0.147. The topological polar surface area (TPSA) is 117 Å². The number of para-hydroxylation sites is 1. The molecule has 3 heterocycles. The van der Waals surface area contributed by atoms with Crippen molar-refractivity contribution in [1.82, 2.24) is 9.97 Å². The molecule has 0 saturated heterocycles. The zero-order valence-corrected chi connectivity index (χ0v) is 24.4. The summed E-state index contributed by atoms with van der Waals surface area (Å²) in [6, 6.07) is 26.0. The van der Waals surface area contributed by atoms with E-state index in [4.69, 9.17) is 21.1 Å². The number of hydrogen-bond donors (Lipinski definition) is 3. The van der Waals surface area contributed by atoms with Crippen LogP contribution in [0.1, 0.15) is 39.4 Å². The van der Waals surface area contributed by atoms with Gasteiger partial charge in [0.1, 0.15) is 17.1 Å². The van der Waals surface area contributed by atoms with Crippen LogP contribution in [-0.4, -0.2) is 47.0 Å². The van der Waals surface area contributed by atoms with Crippen LogP contribution in [-0.2, 0) is 4.74 Å². The van der Waals surface area contributed by atoms with E-state index in [-0.39, 0.29) is 24.3 Å². The summed E-state index contributed by atoms with van der Waals surface area (Å²) in [5.41, 5.74) is 4.62. The Hall–Kier alpha value is -5.28. The zero-order chi connectivity index (χ0) is 30.4. The first-order chi connectivity index (χ1) is 21.4. The number of fused-ring (bicyclic) bond motifs is 5. The minimum absolute atomic E-state index is 0.118. The number of carbonyl (C=O) groups excluding carboxylic acids is 3. The molecule has 0 radical (unpaired) electrons. The second-order valence-corrected chi connectivity index (χ2v) is 10.9. The monoisotopic (exact) mass is 606 g/mol. The van der Waals surface area contributed by atoms with Crippen LogP contribution in [0.15, 0.2) is 84.9 Å². The van der Waals surface area contributed by atoms with Gasteiger partial charge in [-0.1, -0.05) is 42.5 Å². The third kappa shape index (κ3) is 4.81. The standard InChI is InChI=1S/C34H27ClN4O5/c1-2-43-34(42)44-30-16-29-31(24-9-5-4-8-23(24)30)21(17-35)18-39(29)33(41)28-15-20-13-22(11-12-26(20)38-28)36-32(40)27-14-19-7-3-6-10-25(19)37-27/h3-16,21,37-38H,2,17-18H2,1H3,(H,36,40). The van der Waals surface area contributed by atoms with Crippen molar-refractivity contribution in [3.63, 3.8) is 0 Å². The van der Waals surface area contributed by atoms with E-state index < -0.39 is 6.16 Å². The van der Waals surface area contributed by atoms with Crippen LogP contribution in [0.5, 0.6) is 5.75 Å². The number of aromatic nitrogens is 2. The third-order valence-electron chi connectivity index (χ3n) is 7.90. The second-order valence-electron chi connectivity index (χ2n) is 10.6. The molecule has 3 N–H and O–H groups in total. The Balaban J connectivity index is 1.19. The van der Waals surface area contributed by atoms with Crippen molar-refractivity contribution in [2.75, 3.05) is 29.2 Å². The molecule has 0 aliphatic carbocycles. The lowest BCUT2D eigenvalue weighted by molar-refractivity contribution is 0.0982. The van der Waals surface area contributed by atoms with Crippen molar-refractivity contribution in [3.05, 3.63) is 102 Å². The molecule has 0 bridgehead atoms. The average Bonchev–Trinajstić information content (AvgIpc) is 3.76. The van der Waals surface area contributed by atoms with Gasteiger partial charge in [0.15, 0.2) is 0 Å². The predicted molar refractivity (Wildman–Crippen MR) is 171 cm³/mol. The highest BCUT2D eigenvalue weighted by atomic mass is 35.5. The first kappa shape index (κ1) is 27.5. The van der Waals surface area contributed by atoms with Crippen molar-refractivity contribution in [3.8, 4) is 5.75 Å². The first-order valence-electron chi connectivity index (χ1n) is 14.2. The molecule has 1 unspecified atom stereocenters. The molecular weight excluding hydrogens is 580 g/mol. The van der Waals surface area contributed by atoms with Gasteiger partial charge in [0.2, 0.25) is 0 Å². The lowest BCUT2D eigenvalue weighted by Crippen LogP contribution is -2.30. The number of rotatable bonds is 6. The number of aromatic amines is 2. The van der Waals surface area contributed by atoms with Crippen molar-refractivity contribution in [1.29, 1.82) is 0 Å². The smallest absolute Gasteiger partial charge is 0.434 e. The molecule has 2 amide bonds. The van der Waals surface area contributed by atoms with Gasteiger partial charge in [-0.25, -0.2) is 4.79 Å². The van der Waals surface area contributed by atoms with Crippen LogP contribution in [0, 0.1) is 0 Å². The van der Waals surface area contributed by atoms with Gasteiger partial charge in [0.05, 0.1) is 12.3 Å². The first-order valence-corrected chi connectivity index (χ1v) is 14.8. The maximum Gasteiger partial charge on any atom is 0.513 e. The molecule has 0 fully saturated rings. The largest absolute Gasteiger partial charge is 0.513 e. The Labute approximate surface area is 256 Å². The van der Waals surface area contributed by atoms with Crippen LogP contribution in [0.3, 0.4) is 0 Å². The van der Waals surface area contributed by atoms with Crippen LogP contribution in [0.4, 0.5) is 16.2 Å². The van der Waals surface area contributed by atoms with Gasteiger partial charge < -0.3 is 29.7 Å². The van der Waals surface area contributed by atoms with Crippen molar-refractivity contribution < 1.29 is 23.9 Å². The quantitative estimate of drug-likeness (QED) is 0.103. The normalized spacial score (nSPS) is 14.2. The molecule has 1 atom stereocenters. The Morgan fingerprint density at radius 2 is 1.61 bits per heavy atom. The number of anilines is 2. The fourth-order valence-electron chi connectivity index (χ4n) is 5.92. The number of amides is 2. The maximum absolute atomic E-state index is 14.0. The molecule has 1 aliphatic rings. The summed E-state index contributed by atoms with van der Waals surface area (Å²) >= 11 is 6.42. The highest BCUT2D eigenvalue weighted by Crippen LogP contribution is 2.46. The molecule has 7 rings (SSSR count). The van der Waals surface area contributed by atoms with E-state index in [0.717, 1.165) is 38.1 Å². The Bertz CT molecular complexity index is 2070. The summed E-state index contributed by atoms with van der Waals surface area (Å²) in [5, 5.41) is 6.24.